The normalized spacial score (nSPS) is 13.9. The molecule has 0 aromatic carbocycles. The minimum atomic E-state index is -1.45. The van der Waals surface area contributed by atoms with Crippen LogP contribution in [-0.2, 0) is 0 Å². The highest BCUT2D eigenvalue weighted by Crippen LogP contribution is 2.23. The highest BCUT2D eigenvalue weighted by atomic mass is 79.9. The Balaban J connectivity index is 3.08. The second kappa shape index (κ2) is 5.38. The van der Waals surface area contributed by atoms with E-state index in [4.69, 9.17) is 4.66 Å². The second-order valence-corrected chi connectivity index (χ2v) is 17.9. The van der Waals surface area contributed by atoms with Crippen LogP contribution in [0.1, 0.15) is 4.88 Å². The third-order valence-corrected chi connectivity index (χ3v) is 5.26. The van der Waals surface area contributed by atoms with Crippen molar-refractivity contribution >= 4 is 49.6 Å². The third-order valence-electron chi connectivity index (χ3n) is 1.75. The Bertz CT molecular complexity index is 416. The summed E-state index contributed by atoms with van der Waals surface area (Å²) in [5.74, 6) is 1.10. The lowest BCUT2D eigenvalue weighted by atomic mass is 10.4. The second-order valence-electron chi connectivity index (χ2n) is 6.11. The molecule has 0 atom stereocenters. The molecule has 0 radical (unpaired) electrons. The van der Waals surface area contributed by atoms with Crippen molar-refractivity contribution < 1.29 is 0 Å². The molecule has 0 bridgehead atoms. The van der Waals surface area contributed by atoms with Crippen LogP contribution in [0.5, 0.6) is 0 Å². The van der Waals surface area contributed by atoms with Crippen molar-refractivity contribution in [3.63, 3.8) is 0 Å². The van der Waals surface area contributed by atoms with E-state index in [-0.39, 0.29) is 0 Å². The van der Waals surface area contributed by atoms with E-state index >= 15 is 0 Å². The first kappa shape index (κ1) is 15.1. The summed E-state index contributed by atoms with van der Waals surface area (Å²) in [4.78, 5) is 4.89. The summed E-state index contributed by atoms with van der Waals surface area (Å²) in [7, 11) is -2.82. The number of hydrogen-bond acceptors (Lipinski definition) is 2. The van der Waals surface area contributed by atoms with Gasteiger partial charge in [-0.15, -0.1) is 11.3 Å². The molecule has 1 heterocycles. The highest BCUT2D eigenvalue weighted by molar-refractivity contribution is 9.11. The number of hydrogen-bond donors (Lipinski definition) is 1. The monoisotopic (exact) mass is 348 g/mol. The largest absolute Gasteiger partial charge is 0.396 e. The van der Waals surface area contributed by atoms with Crippen molar-refractivity contribution in [1.82, 2.24) is 4.98 Å². The van der Waals surface area contributed by atoms with Crippen LogP contribution < -0.4 is 4.98 Å². The van der Waals surface area contributed by atoms with Gasteiger partial charge in [0.1, 0.15) is 14.1 Å². The van der Waals surface area contributed by atoms with Gasteiger partial charge in [-0.25, -0.2) is 0 Å². The van der Waals surface area contributed by atoms with E-state index in [9.17, 15) is 0 Å². The van der Waals surface area contributed by atoms with Gasteiger partial charge < -0.3 is 9.64 Å². The minimum absolute atomic E-state index is 1.10. The molecule has 6 heteroatoms. The van der Waals surface area contributed by atoms with Crippen molar-refractivity contribution in [2.75, 3.05) is 0 Å². The number of thiophene rings is 1. The van der Waals surface area contributed by atoms with Crippen LogP contribution in [0.2, 0.25) is 39.3 Å². The maximum absolute atomic E-state index is 4.95. The first-order valence-electron chi connectivity index (χ1n) is 5.71. The van der Waals surface area contributed by atoms with Gasteiger partial charge in [-0.05, 0) is 47.7 Å². The summed E-state index contributed by atoms with van der Waals surface area (Å²) in [6.07, 6.45) is 0. The van der Waals surface area contributed by atoms with Gasteiger partial charge in [-0.3, -0.25) is 0 Å². The molecule has 2 nitrogen and oxygen atoms in total. The topological polar surface area (TPSA) is 24.4 Å². The molecule has 1 aromatic heterocycles. The van der Waals surface area contributed by atoms with Crippen LogP contribution in [0.3, 0.4) is 0 Å². The minimum Gasteiger partial charge on any atom is -0.396 e. The van der Waals surface area contributed by atoms with E-state index in [2.05, 4.69) is 72.3 Å². The summed E-state index contributed by atoms with van der Waals surface area (Å²) in [5.41, 5.74) is 0. The van der Waals surface area contributed by atoms with Gasteiger partial charge >= 0.3 is 0 Å². The van der Waals surface area contributed by atoms with Gasteiger partial charge in [0.25, 0.3) is 0 Å². The zero-order valence-corrected chi connectivity index (χ0v) is 15.8. The molecule has 0 spiro atoms. The maximum atomic E-state index is 4.95. The predicted molar refractivity (Wildman–Crippen MR) is 88.4 cm³/mol. The zero-order chi connectivity index (χ0) is 13.3. The molecule has 0 aliphatic rings. The van der Waals surface area contributed by atoms with Crippen LogP contribution in [0.25, 0.3) is 0 Å². The number of nitrogens with one attached hydrogen (secondary N) is 1. The average Bonchev–Trinajstić information content (AvgIpc) is 2.45. The predicted octanol–water partition coefficient (Wildman–Crippen LogP) is 4.52. The highest BCUT2D eigenvalue weighted by Gasteiger charge is 2.21. The van der Waals surface area contributed by atoms with Gasteiger partial charge in [0.15, 0.2) is 8.24 Å². The Morgan fingerprint density at radius 3 is 2.12 bits per heavy atom. The summed E-state index contributed by atoms with van der Waals surface area (Å²) in [5, 5.41) is 0. The van der Waals surface area contributed by atoms with Crippen LogP contribution in [0.4, 0.5) is 0 Å². The lowest BCUT2D eigenvalue weighted by molar-refractivity contribution is 1.31. The molecule has 1 aromatic rings. The van der Waals surface area contributed by atoms with E-state index in [1.54, 1.807) is 11.3 Å². The van der Waals surface area contributed by atoms with Crippen molar-refractivity contribution in [2.24, 2.45) is 4.66 Å². The SMILES string of the molecule is C[Si](C)(C)/N=C(\N[Si](C)(C)C)c1ccc(Br)s1. The lowest BCUT2D eigenvalue weighted by Crippen LogP contribution is -2.46. The van der Waals surface area contributed by atoms with E-state index < -0.39 is 16.5 Å². The molecular weight excluding hydrogens is 328 g/mol. The Labute approximate surface area is 119 Å². The van der Waals surface area contributed by atoms with Gasteiger partial charge in [-0.1, -0.05) is 19.6 Å². The van der Waals surface area contributed by atoms with Gasteiger partial charge in [-0.2, -0.15) is 0 Å². The summed E-state index contributed by atoms with van der Waals surface area (Å²) >= 11 is 5.26. The van der Waals surface area contributed by atoms with E-state index in [0.717, 1.165) is 9.62 Å². The van der Waals surface area contributed by atoms with Crippen molar-refractivity contribution in [2.45, 2.75) is 39.3 Å². The molecule has 0 saturated carbocycles. The zero-order valence-electron chi connectivity index (χ0n) is 11.4. The number of amidine groups is 1. The first-order valence-corrected chi connectivity index (χ1v) is 14.3. The lowest BCUT2D eigenvalue weighted by Gasteiger charge is -2.23. The molecule has 0 aliphatic heterocycles. The summed E-state index contributed by atoms with van der Waals surface area (Å²) < 4.78 is 6.11. The van der Waals surface area contributed by atoms with Crippen LogP contribution in [0.15, 0.2) is 20.6 Å². The van der Waals surface area contributed by atoms with Crippen molar-refractivity contribution in [1.29, 1.82) is 0 Å². The van der Waals surface area contributed by atoms with Crippen LogP contribution in [0, 0.1) is 0 Å². The van der Waals surface area contributed by atoms with Crippen LogP contribution in [-0.4, -0.2) is 22.3 Å². The molecule has 0 aliphatic carbocycles. The van der Waals surface area contributed by atoms with Crippen molar-refractivity contribution in [3.05, 3.63) is 20.8 Å². The van der Waals surface area contributed by atoms with E-state index in [0.29, 0.717) is 0 Å². The number of halogens is 1. The molecule has 1 N–H and O–H groups in total. The fourth-order valence-electron chi connectivity index (χ4n) is 1.28. The average molecular weight is 349 g/mol. The Hall–Kier alpha value is 0.0838. The molecule has 0 amide bonds. The molecule has 1 rings (SSSR count). The summed E-state index contributed by atoms with van der Waals surface area (Å²) in [6, 6.07) is 4.23. The van der Waals surface area contributed by atoms with Gasteiger partial charge in [0.05, 0.1) is 8.66 Å². The third kappa shape index (κ3) is 5.99. The fraction of sp³-hybridized carbons (Fsp3) is 0.545. The van der Waals surface area contributed by atoms with E-state index in [1.807, 2.05) is 0 Å². The molecule has 96 valence electrons. The quantitative estimate of drug-likeness (QED) is 0.484. The molecule has 0 fully saturated rings. The molecule has 17 heavy (non-hydrogen) atoms. The molecule has 0 unspecified atom stereocenters. The number of rotatable bonds is 3. The van der Waals surface area contributed by atoms with E-state index in [1.165, 1.54) is 4.88 Å². The van der Waals surface area contributed by atoms with Gasteiger partial charge in [0, 0.05) is 0 Å². The maximum Gasteiger partial charge on any atom is 0.175 e. The summed E-state index contributed by atoms with van der Waals surface area (Å²) in [6.45, 7) is 13.7. The van der Waals surface area contributed by atoms with Gasteiger partial charge in [0.2, 0.25) is 0 Å². The number of nitrogens with zero attached hydrogens (tertiary/aromatic N) is 1. The smallest absolute Gasteiger partial charge is 0.175 e. The first-order chi connectivity index (χ1) is 7.57. The Morgan fingerprint density at radius 1 is 1.18 bits per heavy atom. The fourth-order valence-corrected chi connectivity index (χ4v) is 4.64. The molecular formula is C11H21BrN2SSi2. The standard InChI is InChI=1S/C11H21BrN2SSi2/c1-16(2,3)13-11(14-17(4,5)6)9-7-8-10(12)15-9/h7-8H,1-6H3,(H,13,14). The Morgan fingerprint density at radius 2 is 1.76 bits per heavy atom. The molecule has 0 saturated heterocycles. The van der Waals surface area contributed by atoms with Crippen LogP contribution >= 0.6 is 27.3 Å². The van der Waals surface area contributed by atoms with Crippen molar-refractivity contribution in [3.8, 4) is 0 Å². The Kier molecular flexibility index (Phi) is 4.79.